The molecule has 1 amide bonds. The van der Waals surface area contributed by atoms with Crippen LogP contribution in [0.25, 0.3) is 0 Å². The predicted molar refractivity (Wildman–Crippen MR) is 110 cm³/mol. The highest BCUT2D eigenvalue weighted by atomic mass is 32.2. The Morgan fingerprint density at radius 3 is 2.42 bits per heavy atom. The van der Waals surface area contributed by atoms with Crippen LogP contribution < -0.4 is 16.2 Å². The number of carbonyl (C=O) groups is 1. The molecule has 3 N–H and O–H groups in total. The van der Waals surface area contributed by atoms with Crippen LogP contribution in [0, 0.1) is 5.82 Å². The van der Waals surface area contributed by atoms with E-state index in [1.807, 2.05) is 12.1 Å². The first kappa shape index (κ1) is 20.2. The van der Waals surface area contributed by atoms with Gasteiger partial charge in [-0.25, -0.2) is 4.39 Å². The fourth-order valence-corrected chi connectivity index (χ4v) is 3.01. The number of nitrogens with one attached hydrogen (secondary N) is 3. The number of thioether (sulfide) groups is 1. The number of hydrogen-bond acceptors (Lipinski definition) is 3. The van der Waals surface area contributed by atoms with Crippen LogP contribution in [0.1, 0.15) is 25.3 Å². The maximum atomic E-state index is 12.8. The Morgan fingerprint density at radius 2 is 1.77 bits per heavy atom. The van der Waals surface area contributed by atoms with Crippen molar-refractivity contribution in [2.24, 2.45) is 0 Å². The molecule has 0 atom stereocenters. The van der Waals surface area contributed by atoms with Crippen LogP contribution in [-0.2, 0) is 11.2 Å². The van der Waals surface area contributed by atoms with Gasteiger partial charge in [-0.1, -0.05) is 25.5 Å². The predicted octanol–water partition coefficient (Wildman–Crippen LogP) is 4.28. The zero-order valence-corrected chi connectivity index (χ0v) is 16.2. The van der Waals surface area contributed by atoms with Crippen LogP contribution in [0.2, 0.25) is 0 Å². The normalized spacial score (nSPS) is 10.2. The molecule has 4 nitrogen and oxygen atoms in total. The number of unbranched alkanes of at least 4 members (excludes halogenated alkanes) is 1. The second-order valence-corrected chi connectivity index (χ2v) is 7.13. The van der Waals surface area contributed by atoms with E-state index in [-0.39, 0.29) is 17.5 Å². The zero-order valence-electron chi connectivity index (χ0n) is 14.5. The van der Waals surface area contributed by atoms with Crippen LogP contribution in [0.15, 0.2) is 53.4 Å². The van der Waals surface area contributed by atoms with Crippen LogP contribution in [-0.4, -0.2) is 16.8 Å². The number of thiocarbonyl (C=S) groups is 1. The third kappa shape index (κ3) is 7.41. The molecule has 0 aliphatic heterocycles. The molecule has 26 heavy (non-hydrogen) atoms. The molecule has 0 unspecified atom stereocenters. The number of anilines is 1. The van der Waals surface area contributed by atoms with E-state index in [1.165, 1.54) is 42.3 Å². The first-order valence-corrected chi connectivity index (χ1v) is 9.79. The summed E-state index contributed by atoms with van der Waals surface area (Å²) in [5, 5.41) is 3.33. The van der Waals surface area contributed by atoms with Gasteiger partial charge in [0.05, 0.1) is 5.75 Å². The van der Waals surface area contributed by atoms with Crippen LogP contribution in [0.4, 0.5) is 10.1 Å². The zero-order chi connectivity index (χ0) is 18.8. The summed E-state index contributed by atoms with van der Waals surface area (Å²) in [6, 6.07) is 14.1. The minimum absolute atomic E-state index is 0.202. The van der Waals surface area contributed by atoms with Gasteiger partial charge in [0.2, 0.25) is 5.91 Å². The number of hydrogen-bond donors (Lipinski definition) is 3. The van der Waals surface area contributed by atoms with Gasteiger partial charge < -0.3 is 5.32 Å². The number of carbonyl (C=O) groups excluding carboxylic acids is 1. The molecule has 0 fully saturated rings. The summed E-state index contributed by atoms with van der Waals surface area (Å²) in [5.74, 6) is -0.318. The van der Waals surface area contributed by atoms with Gasteiger partial charge in [0.25, 0.3) is 0 Å². The Bertz CT molecular complexity index is 721. The molecule has 0 aliphatic rings. The smallest absolute Gasteiger partial charge is 0.248 e. The van der Waals surface area contributed by atoms with Crippen molar-refractivity contribution in [3.63, 3.8) is 0 Å². The number of rotatable bonds is 7. The minimum atomic E-state index is -0.296. The molecule has 138 valence electrons. The molecule has 2 rings (SSSR count). The van der Waals surface area contributed by atoms with E-state index in [9.17, 15) is 9.18 Å². The van der Waals surface area contributed by atoms with Crippen molar-refractivity contribution in [1.82, 2.24) is 10.9 Å². The van der Waals surface area contributed by atoms with E-state index in [0.717, 1.165) is 17.0 Å². The molecule has 7 heteroatoms. The lowest BCUT2D eigenvalue weighted by atomic mass is 10.1. The maximum absolute atomic E-state index is 12.8. The Kier molecular flexibility index (Phi) is 8.37. The minimum Gasteiger partial charge on any atom is -0.331 e. The van der Waals surface area contributed by atoms with Gasteiger partial charge in [0.15, 0.2) is 5.11 Å². The molecular weight excluding hydrogens is 369 g/mol. The Labute approximate surface area is 162 Å². The average molecular weight is 392 g/mol. The SMILES string of the molecule is CCCCc1ccc(NC(=S)NNC(=O)CSc2ccc(F)cc2)cc1. The molecule has 0 bridgehead atoms. The van der Waals surface area contributed by atoms with Gasteiger partial charge in [-0.05, 0) is 67.0 Å². The van der Waals surface area contributed by atoms with E-state index < -0.39 is 0 Å². The summed E-state index contributed by atoms with van der Waals surface area (Å²) in [6.45, 7) is 2.17. The molecule has 0 aromatic heterocycles. The monoisotopic (exact) mass is 391 g/mol. The van der Waals surface area contributed by atoms with Gasteiger partial charge in [-0.3, -0.25) is 15.6 Å². The van der Waals surface area contributed by atoms with Crippen molar-refractivity contribution in [2.75, 3.05) is 11.1 Å². The average Bonchev–Trinajstić information content (AvgIpc) is 2.65. The molecule has 0 radical (unpaired) electrons. The summed E-state index contributed by atoms with van der Waals surface area (Å²) >= 11 is 6.48. The molecular formula is C19H22FN3OS2. The molecule has 0 heterocycles. The van der Waals surface area contributed by atoms with Crippen molar-refractivity contribution in [3.8, 4) is 0 Å². The molecule has 2 aromatic carbocycles. The molecule has 2 aromatic rings. The number of benzene rings is 2. The van der Waals surface area contributed by atoms with E-state index in [2.05, 4.69) is 35.2 Å². The summed E-state index contributed by atoms with van der Waals surface area (Å²) < 4.78 is 12.8. The quantitative estimate of drug-likeness (QED) is 0.374. The number of aryl methyl sites for hydroxylation is 1. The van der Waals surface area contributed by atoms with Crippen molar-refractivity contribution in [1.29, 1.82) is 0 Å². The lowest BCUT2D eigenvalue weighted by molar-refractivity contribution is -0.119. The molecule has 0 saturated carbocycles. The number of amides is 1. The van der Waals surface area contributed by atoms with E-state index in [1.54, 1.807) is 12.1 Å². The Morgan fingerprint density at radius 1 is 1.08 bits per heavy atom. The maximum Gasteiger partial charge on any atom is 0.248 e. The first-order chi connectivity index (χ1) is 12.6. The topological polar surface area (TPSA) is 53.2 Å². The summed E-state index contributed by atoms with van der Waals surface area (Å²) in [7, 11) is 0. The standard InChI is InChI=1S/C19H22FN3OS2/c1-2-3-4-14-5-9-16(10-6-14)21-19(25)23-22-18(24)13-26-17-11-7-15(20)8-12-17/h5-12H,2-4,13H2,1H3,(H,22,24)(H2,21,23,25). The van der Waals surface area contributed by atoms with Crippen molar-refractivity contribution >= 4 is 40.7 Å². The van der Waals surface area contributed by atoms with Crippen molar-refractivity contribution in [2.45, 2.75) is 31.1 Å². The Hall–Kier alpha value is -2.12. The number of halogens is 1. The molecule has 0 spiro atoms. The summed E-state index contributed by atoms with van der Waals surface area (Å²) in [5.41, 5.74) is 7.36. The third-order valence-electron chi connectivity index (χ3n) is 3.53. The lowest BCUT2D eigenvalue weighted by Gasteiger charge is -2.12. The van der Waals surface area contributed by atoms with Gasteiger partial charge in [-0.15, -0.1) is 11.8 Å². The lowest BCUT2D eigenvalue weighted by Crippen LogP contribution is -2.44. The third-order valence-corrected chi connectivity index (χ3v) is 4.75. The second-order valence-electron chi connectivity index (χ2n) is 5.67. The molecule has 0 aliphatic carbocycles. The highest BCUT2D eigenvalue weighted by Gasteiger charge is 2.04. The first-order valence-electron chi connectivity index (χ1n) is 8.40. The highest BCUT2D eigenvalue weighted by molar-refractivity contribution is 8.00. The van der Waals surface area contributed by atoms with E-state index in [0.29, 0.717) is 5.11 Å². The summed E-state index contributed by atoms with van der Waals surface area (Å²) in [4.78, 5) is 12.7. The van der Waals surface area contributed by atoms with E-state index >= 15 is 0 Å². The number of hydrazine groups is 1. The van der Waals surface area contributed by atoms with Crippen LogP contribution in [0.3, 0.4) is 0 Å². The largest absolute Gasteiger partial charge is 0.331 e. The molecule has 0 saturated heterocycles. The van der Waals surface area contributed by atoms with Crippen molar-refractivity contribution in [3.05, 3.63) is 59.9 Å². The van der Waals surface area contributed by atoms with Gasteiger partial charge >= 0.3 is 0 Å². The van der Waals surface area contributed by atoms with Gasteiger partial charge in [-0.2, -0.15) is 0 Å². The van der Waals surface area contributed by atoms with Crippen molar-refractivity contribution < 1.29 is 9.18 Å². The second kappa shape index (κ2) is 10.8. The van der Waals surface area contributed by atoms with Gasteiger partial charge in [0, 0.05) is 10.6 Å². The summed E-state index contributed by atoms with van der Waals surface area (Å²) in [6.07, 6.45) is 3.42. The van der Waals surface area contributed by atoms with E-state index in [4.69, 9.17) is 12.2 Å². The highest BCUT2D eigenvalue weighted by Crippen LogP contribution is 2.17. The van der Waals surface area contributed by atoms with Crippen LogP contribution >= 0.6 is 24.0 Å². The Balaban J connectivity index is 1.68. The fourth-order valence-electron chi connectivity index (χ4n) is 2.14. The van der Waals surface area contributed by atoms with Crippen LogP contribution in [0.5, 0.6) is 0 Å². The van der Waals surface area contributed by atoms with Gasteiger partial charge in [0.1, 0.15) is 5.82 Å². The fraction of sp³-hybridized carbons (Fsp3) is 0.263.